The van der Waals surface area contributed by atoms with Gasteiger partial charge in [0.2, 0.25) is 5.91 Å². The second-order valence-electron chi connectivity index (χ2n) is 5.62. The van der Waals surface area contributed by atoms with E-state index in [1.54, 1.807) is 28.6 Å². The number of aliphatic imine (C=N–C) groups is 1. The van der Waals surface area contributed by atoms with Crippen molar-refractivity contribution in [1.82, 2.24) is 14.5 Å². The van der Waals surface area contributed by atoms with Gasteiger partial charge in [0.1, 0.15) is 6.54 Å². The van der Waals surface area contributed by atoms with Gasteiger partial charge in [0, 0.05) is 7.05 Å². The van der Waals surface area contributed by atoms with Gasteiger partial charge < -0.3 is 19.9 Å². The average Bonchev–Trinajstić information content (AvgIpc) is 3.15. The van der Waals surface area contributed by atoms with Crippen LogP contribution in [0, 0.1) is 0 Å². The molecular formula is C15H12Cl2N6O2S. The van der Waals surface area contributed by atoms with E-state index < -0.39 is 6.23 Å². The topological polar surface area (TPSA) is 95.6 Å². The first-order valence-electron chi connectivity index (χ1n) is 7.48. The van der Waals surface area contributed by atoms with E-state index in [1.165, 1.54) is 23.9 Å². The summed E-state index contributed by atoms with van der Waals surface area (Å²) >= 11 is 13.3. The molecule has 0 radical (unpaired) electrons. The number of fused-ring (bicyclic) bond motifs is 2. The molecule has 0 saturated carbocycles. The highest BCUT2D eigenvalue weighted by atomic mass is 35.5. The molecule has 1 atom stereocenters. The largest absolute Gasteiger partial charge is 0.368 e. The number of aromatic nitrogens is 3. The summed E-state index contributed by atoms with van der Waals surface area (Å²) in [6.45, 7) is 0.0149. The monoisotopic (exact) mass is 410 g/mol. The van der Waals surface area contributed by atoms with Crippen molar-refractivity contribution in [2.75, 3.05) is 17.3 Å². The zero-order valence-corrected chi connectivity index (χ0v) is 15.7. The molecule has 3 aromatic rings. The Morgan fingerprint density at radius 1 is 1.38 bits per heavy atom. The van der Waals surface area contributed by atoms with Gasteiger partial charge in [0.15, 0.2) is 23.0 Å². The maximum absolute atomic E-state index is 12.4. The fourth-order valence-electron chi connectivity index (χ4n) is 2.51. The Labute approximate surface area is 161 Å². The van der Waals surface area contributed by atoms with E-state index in [0.29, 0.717) is 32.3 Å². The van der Waals surface area contributed by atoms with Crippen LogP contribution in [0.5, 0.6) is 0 Å². The van der Waals surface area contributed by atoms with Crippen LogP contribution in [-0.2, 0) is 11.3 Å². The molecule has 4 rings (SSSR count). The molecule has 1 amide bonds. The molecule has 1 aromatic carbocycles. The van der Waals surface area contributed by atoms with Crippen LogP contribution in [-0.4, -0.2) is 45.0 Å². The van der Waals surface area contributed by atoms with E-state index in [0.717, 1.165) is 4.70 Å². The van der Waals surface area contributed by atoms with E-state index >= 15 is 0 Å². The quantitative estimate of drug-likeness (QED) is 0.691. The predicted molar refractivity (Wildman–Crippen MR) is 103 cm³/mol. The zero-order chi connectivity index (χ0) is 18.4. The predicted octanol–water partition coefficient (Wildman–Crippen LogP) is 2.91. The molecule has 0 aliphatic carbocycles. The van der Waals surface area contributed by atoms with Crippen molar-refractivity contribution in [1.29, 1.82) is 0 Å². The number of rotatable bonds is 3. The van der Waals surface area contributed by atoms with Gasteiger partial charge in [-0.25, -0.2) is 15.0 Å². The third kappa shape index (κ3) is 3.03. The highest BCUT2D eigenvalue weighted by Crippen LogP contribution is 2.33. The number of carbonyl (C=O) groups excluding carboxylic acids is 1. The van der Waals surface area contributed by atoms with E-state index in [-0.39, 0.29) is 12.5 Å². The van der Waals surface area contributed by atoms with Gasteiger partial charge >= 0.3 is 0 Å². The third-order valence-corrected chi connectivity index (χ3v) is 5.50. The molecule has 1 unspecified atom stereocenters. The number of benzene rings is 1. The van der Waals surface area contributed by atoms with Crippen molar-refractivity contribution >= 4 is 73.6 Å². The van der Waals surface area contributed by atoms with Crippen molar-refractivity contribution < 1.29 is 9.90 Å². The number of thiazole rings is 1. The summed E-state index contributed by atoms with van der Waals surface area (Å²) in [7, 11) is 1.70. The smallest absolute Gasteiger partial charge is 0.246 e. The number of halogens is 2. The minimum atomic E-state index is -0.832. The van der Waals surface area contributed by atoms with Crippen LogP contribution in [0.4, 0.5) is 16.8 Å². The van der Waals surface area contributed by atoms with Crippen molar-refractivity contribution in [3.63, 3.8) is 0 Å². The number of carbonyl (C=O) groups is 1. The van der Waals surface area contributed by atoms with E-state index in [9.17, 15) is 9.90 Å². The second kappa shape index (κ2) is 6.51. The SMILES string of the molecule is CN1c2ncn(CC(=O)Nc3nc4cc(Cl)c(Cl)cc4s3)c2N=CC1O. The molecule has 0 spiro atoms. The van der Waals surface area contributed by atoms with Crippen LogP contribution in [0.15, 0.2) is 23.5 Å². The van der Waals surface area contributed by atoms with E-state index in [4.69, 9.17) is 23.2 Å². The van der Waals surface area contributed by atoms with Crippen molar-refractivity contribution in [3.8, 4) is 0 Å². The first-order chi connectivity index (χ1) is 12.4. The van der Waals surface area contributed by atoms with Crippen LogP contribution in [0.2, 0.25) is 10.0 Å². The molecule has 2 N–H and O–H groups in total. The lowest BCUT2D eigenvalue weighted by molar-refractivity contribution is -0.116. The fourth-order valence-corrected chi connectivity index (χ4v) is 3.80. The average molecular weight is 411 g/mol. The number of imidazole rings is 1. The van der Waals surface area contributed by atoms with Gasteiger partial charge in [-0.15, -0.1) is 0 Å². The Bertz CT molecular complexity index is 1010. The lowest BCUT2D eigenvalue weighted by Gasteiger charge is -2.24. The van der Waals surface area contributed by atoms with Gasteiger partial charge in [-0.2, -0.15) is 0 Å². The number of nitrogens with zero attached hydrogens (tertiary/aromatic N) is 5. The normalized spacial score (nSPS) is 16.2. The summed E-state index contributed by atoms with van der Waals surface area (Å²) in [6, 6.07) is 3.38. The minimum Gasteiger partial charge on any atom is -0.368 e. The van der Waals surface area contributed by atoms with E-state index in [2.05, 4.69) is 20.3 Å². The Morgan fingerprint density at radius 2 is 2.15 bits per heavy atom. The summed E-state index contributed by atoms with van der Waals surface area (Å²) in [4.78, 5) is 26.6. The molecule has 26 heavy (non-hydrogen) atoms. The van der Waals surface area contributed by atoms with Gasteiger partial charge in [-0.3, -0.25) is 4.79 Å². The molecule has 3 heterocycles. The van der Waals surface area contributed by atoms with Crippen molar-refractivity contribution in [2.24, 2.45) is 4.99 Å². The van der Waals surface area contributed by atoms with Crippen molar-refractivity contribution in [2.45, 2.75) is 12.8 Å². The number of anilines is 2. The number of aliphatic hydroxyl groups excluding tert-OH is 1. The molecule has 1 aliphatic heterocycles. The number of amides is 1. The Kier molecular flexibility index (Phi) is 4.31. The standard InChI is InChI=1S/C15H12Cl2N6O2S/c1-22-12(25)4-18-14-13(22)19-6-23(14)5-11(24)21-15-20-9-2-7(16)8(17)3-10(9)26-15/h2-4,6,12,25H,5H2,1H3,(H,20,21,24). The van der Waals surface area contributed by atoms with Gasteiger partial charge in [0.05, 0.1) is 32.8 Å². The second-order valence-corrected chi connectivity index (χ2v) is 7.47. The summed E-state index contributed by atoms with van der Waals surface area (Å²) in [5.41, 5.74) is 0.667. The summed E-state index contributed by atoms with van der Waals surface area (Å²) in [6.07, 6.45) is 2.06. The summed E-state index contributed by atoms with van der Waals surface area (Å²) < 4.78 is 2.43. The highest BCUT2D eigenvalue weighted by Gasteiger charge is 2.23. The van der Waals surface area contributed by atoms with Crippen LogP contribution >= 0.6 is 34.5 Å². The zero-order valence-electron chi connectivity index (χ0n) is 13.3. The van der Waals surface area contributed by atoms with Crippen LogP contribution in [0.25, 0.3) is 10.2 Å². The number of aliphatic hydroxyl groups is 1. The minimum absolute atomic E-state index is 0.0149. The molecule has 2 aromatic heterocycles. The number of hydrogen-bond donors (Lipinski definition) is 2. The fraction of sp³-hybridized carbons (Fsp3) is 0.200. The lowest BCUT2D eigenvalue weighted by Crippen LogP contribution is -2.34. The van der Waals surface area contributed by atoms with Crippen LogP contribution in [0.3, 0.4) is 0 Å². The molecule has 0 fully saturated rings. The first-order valence-corrected chi connectivity index (χ1v) is 9.05. The van der Waals surface area contributed by atoms with Crippen LogP contribution in [0.1, 0.15) is 0 Å². The number of hydrogen-bond acceptors (Lipinski definition) is 7. The first kappa shape index (κ1) is 17.2. The maximum atomic E-state index is 12.4. The Morgan fingerprint density at radius 3 is 2.96 bits per heavy atom. The Hall–Kier alpha value is -2.20. The van der Waals surface area contributed by atoms with Crippen molar-refractivity contribution in [3.05, 3.63) is 28.5 Å². The lowest BCUT2D eigenvalue weighted by atomic mass is 10.3. The third-order valence-electron chi connectivity index (χ3n) is 3.84. The molecule has 0 bridgehead atoms. The molecule has 8 nitrogen and oxygen atoms in total. The van der Waals surface area contributed by atoms with Gasteiger partial charge in [0.25, 0.3) is 0 Å². The van der Waals surface area contributed by atoms with E-state index in [1.807, 2.05) is 0 Å². The van der Waals surface area contributed by atoms with Gasteiger partial charge in [-0.05, 0) is 12.1 Å². The van der Waals surface area contributed by atoms with Gasteiger partial charge in [-0.1, -0.05) is 34.5 Å². The molecular weight excluding hydrogens is 399 g/mol. The summed E-state index contributed by atoms with van der Waals surface area (Å²) in [5, 5.41) is 13.8. The molecule has 134 valence electrons. The maximum Gasteiger partial charge on any atom is 0.246 e. The molecule has 0 saturated heterocycles. The number of nitrogens with one attached hydrogen (secondary N) is 1. The van der Waals surface area contributed by atoms with Crippen LogP contribution < -0.4 is 10.2 Å². The Balaban J connectivity index is 1.52. The highest BCUT2D eigenvalue weighted by molar-refractivity contribution is 7.22. The summed E-state index contributed by atoms with van der Waals surface area (Å²) in [5.74, 6) is 0.748. The molecule has 11 heteroatoms. The molecule has 1 aliphatic rings.